The third-order valence-electron chi connectivity index (χ3n) is 3.42. The molecule has 0 amide bonds. The molecule has 0 aromatic heterocycles. The Kier molecular flexibility index (Phi) is 3.21. The Bertz CT molecular complexity index is 666. The van der Waals surface area contributed by atoms with Crippen LogP contribution in [0.1, 0.15) is 0 Å². The predicted octanol–water partition coefficient (Wildman–Crippen LogP) is 0.861. The summed E-state index contributed by atoms with van der Waals surface area (Å²) in [4.78, 5) is 27.5. The van der Waals surface area contributed by atoms with Gasteiger partial charge in [-0.3, -0.25) is 14.6 Å². The maximum Gasteiger partial charge on any atom is 0.266 e. The molecule has 0 bridgehead atoms. The van der Waals surface area contributed by atoms with E-state index in [9.17, 15) is 9.59 Å². The van der Waals surface area contributed by atoms with Crippen molar-refractivity contribution in [2.75, 3.05) is 14.2 Å². The first-order chi connectivity index (χ1) is 10.2. The first-order valence-electron chi connectivity index (χ1n) is 6.36. The quantitative estimate of drug-likeness (QED) is 0.568. The van der Waals surface area contributed by atoms with Crippen LogP contribution in [0.5, 0.6) is 0 Å². The number of hydrogen-bond donors (Lipinski definition) is 0. The lowest BCUT2D eigenvalue weighted by Gasteiger charge is -2.32. The summed E-state index contributed by atoms with van der Waals surface area (Å²) in [6.07, 6.45) is 7.06. The van der Waals surface area contributed by atoms with E-state index in [1.807, 2.05) is 0 Å². The highest BCUT2D eigenvalue weighted by Crippen LogP contribution is 2.31. The van der Waals surface area contributed by atoms with Gasteiger partial charge in [0.2, 0.25) is 5.76 Å². The molecule has 2 aliphatic carbocycles. The second-order valence-electron chi connectivity index (χ2n) is 4.64. The summed E-state index contributed by atoms with van der Waals surface area (Å²) in [5.41, 5.74) is 1.02. The van der Waals surface area contributed by atoms with E-state index in [0.717, 1.165) is 6.29 Å². The number of aldehydes is 1. The van der Waals surface area contributed by atoms with Crippen molar-refractivity contribution in [3.05, 3.63) is 47.2 Å². The van der Waals surface area contributed by atoms with Crippen molar-refractivity contribution in [3.63, 3.8) is 0 Å². The Morgan fingerprint density at radius 2 is 2.14 bits per heavy atom. The molecule has 0 aromatic rings. The molecule has 3 rings (SSSR count). The number of rotatable bonds is 3. The largest absolute Gasteiger partial charge is 0.492 e. The highest BCUT2D eigenvalue weighted by molar-refractivity contribution is 6.22. The molecule has 2 unspecified atom stereocenters. The minimum atomic E-state index is -0.378. The lowest BCUT2D eigenvalue weighted by molar-refractivity contribution is -0.118. The first-order valence-corrected chi connectivity index (χ1v) is 6.36. The lowest BCUT2D eigenvalue weighted by atomic mass is 9.97. The maximum atomic E-state index is 12.1. The number of ketones is 1. The number of allylic oxidation sites excluding steroid dienone is 3. The monoisotopic (exact) mass is 287 g/mol. The number of fused-ring (bicyclic) bond motifs is 2. The molecular weight excluding hydrogens is 274 g/mol. The fraction of sp³-hybridized carbons (Fsp3) is 0.267. The summed E-state index contributed by atoms with van der Waals surface area (Å²) in [5.74, 6) is 0.140. The molecule has 6 heteroatoms. The molecule has 108 valence electrons. The summed E-state index contributed by atoms with van der Waals surface area (Å²) in [6.45, 7) is 0. The standard InChI is InChI=1S/C15H13NO5/c1-19-12-6-10-14(15(20-2)13(12)18)21-11-4-3-8(7-17)5-9(11)16-10/h3-7,9,11H,1-2H3. The van der Waals surface area contributed by atoms with Gasteiger partial charge in [0.1, 0.15) is 24.1 Å². The normalized spacial score (nSPS) is 26.8. The van der Waals surface area contributed by atoms with Crippen LogP contribution in [0.4, 0.5) is 0 Å². The van der Waals surface area contributed by atoms with Crippen LogP contribution in [0.25, 0.3) is 0 Å². The van der Waals surface area contributed by atoms with Crippen LogP contribution in [0.2, 0.25) is 0 Å². The highest BCUT2D eigenvalue weighted by atomic mass is 16.5. The molecule has 0 saturated carbocycles. The van der Waals surface area contributed by atoms with E-state index >= 15 is 0 Å². The van der Waals surface area contributed by atoms with Crippen molar-refractivity contribution in [3.8, 4) is 0 Å². The first kappa shape index (κ1) is 13.4. The van der Waals surface area contributed by atoms with E-state index in [1.54, 1.807) is 18.2 Å². The predicted molar refractivity (Wildman–Crippen MR) is 73.5 cm³/mol. The molecule has 0 saturated heterocycles. The van der Waals surface area contributed by atoms with Crippen molar-refractivity contribution in [1.82, 2.24) is 0 Å². The van der Waals surface area contributed by atoms with Crippen LogP contribution in [0.15, 0.2) is 52.1 Å². The lowest BCUT2D eigenvalue weighted by Crippen LogP contribution is -2.36. The van der Waals surface area contributed by atoms with Crippen molar-refractivity contribution >= 4 is 17.8 Å². The van der Waals surface area contributed by atoms with E-state index in [4.69, 9.17) is 14.2 Å². The van der Waals surface area contributed by atoms with Crippen molar-refractivity contribution in [2.24, 2.45) is 4.99 Å². The van der Waals surface area contributed by atoms with E-state index < -0.39 is 0 Å². The van der Waals surface area contributed by atoms with Crippen molar-refractivity contribution < 1.29 is 23.8 Å². The average Bonchev–Trinajstić information content (AvgIpc) is 2.52. The van der Waals surface area contributed by atoms with Gasteiger partial charge in [0, 0.05) is 11.6 Å². The SMILES string of the molecule is COC1=CC2=NC3C=C(C=O)C=CC3OC2=C(OC)C1=O. The van der Waals surface area contributed by atoms with Gasteiger partial charge in [-0.2, -0.15) is 0 Å². The van der Waals surface area contributed by atoms with Crippen LogP contribution in [-0.4, -0.2) is 44.1 Å². The van der Waals surface area contributed by atoms with E-state index in [1.165, 1.54) is 20.3 Å². The van der Waals surface area contributed by atoms with E-state index in [-0.39, 0.29) is 29.4 Å². The Morgan fingerprint density at radius 3 is 2.81 bits per heavy atom. The molecule has 0 fully saturated rings. The molecule has 0 spiro atoms. The molecule has 0 N–H and O–H groups in total. The average molecular weight is 287 g/mol. The van der Waals surface area contributed by atoms with Gasteiger partial charge in [-0.1, -0.05) is 6.08 Å². The molecule has 21 heavy (non-hydrogen) atoms. The van der Waals surface area contributed by atoms with Gasteiger partial charge in [0.15, 0.2) is 11.5 Å². The number of methoxy groups -OCH3 is 2. The van der Waals surface area contributed by atoms with Gasteiger partial charge in [0.05, 0.1) is 14.2 Å². The third kappa shape index (κ3) is 2.08. The maximum absolute atomic E-state index is 12.1. The van der Waals surface area contributed by atoms with Gasteiger partial charge >= 0.3 is 0 Å². The number of Topliss-reactive ketones (excluding diaryl/α,β-unsaturated/α-hetero) is 1. The summed E-state index contributed by atoms with van der Waals surface area (Å²) in [7, 11) is 2.80. The van der Waals surface area contributed by atoms with Crippen LogP contribution >= 0.6 is 0 Å². The third-order valence-corrected chi connectivity index (χ3v) is 3.42. The molecule has 3 aliphatic rings. The Morgan fingerprint density at radius 1 is 1.33 bits per heavy atom. The van der Waals surface area contributed by atoms with Crippen molar-refractivity contribution in [2.45, 2.75) is 12.1 Å². The van der Waals surface area contributed by atoms with Gasteiger partial charge in [-0.25, -0.2) is 0 Å². The Labute approximate surface area is 121 Å². The van der Waals surface area contributed by atoms with Gasteiger partial charge in [0.25, 0.3) is 5.78 Å². The molecule has 0 aromatic carbocycles. The molecule has 6 nitrogen and oxygen atoms in total. The van der Waals surface area contributed by atoms with Crippen molar-refractivity contribution in [1.29, 1.82) is 0 Å². The number of hydrogen-bond acceptors (Lipinski definition) is 6. The van der Waals surface area contributed by atoms with Crippen LogP contribution in [0.3, 0.4) is 0 Å². The molecule has 1 heterocycles. The number of nitrogens with zero attached hydrogens (tertiary/aromatic N) is 1. The van der Waals surface area contributed by atoms with Gasteiger partial charge in [-0.15, -0.1) is 0 Å². The number of aliphatic imine (C=N–C) groups is 1. The van der Waals surface area contributed by atoms with E-state index in [0.29, 0.717) is 17.0 Å². The number of carbonyl (C=O) groups is 2. The summed E-state index contributed by atoms with van der Waals surface area (Å²) < 4.78 is 16.0. The van der Waals surface area contributed by atoms with Crippen LogP contribution in [0, 0.1) is 0 Å². The van der Waals surface area contributed by atoms with Crippen LogP contribution in [-0.2, 0) is 23.8 Å². The molecule has 0 radical (unpaired) electrons. The minimum Gasteiger partial charge on any atom is -0.492 e. The Hall–Kier alpha value is -2.63. The zero-order valence-electron chi connectivity index (χ0n) is 11.5. The van der Waals surface area contributed by atoms with Gasteiger partial charge in [-0.05, 0) is 12.2 Å². The molecule has 1 aliphatic heterocycles. The molecule has 2 atom stereocenters. The molecular formula is C15H13NO5. The highest BCUT2D eigenvalue weighted by Gasteiger charge is 2.37. The van der Waals surface area contributed by atoms with Crippen LogP contribution < -0.4 is 0 Å². The number of carbonyl (C=O) groups excluding carboxylic acids is 2. The topological polar surface area (TPSA) is 74.2 Å². The summed E-state index contributed by atoms with van der Waals surface area (Å²) in [6, 6.07) is -0.311. The fourth-order valence-corrected chi connectivity index (χ4v) is 2.40. The zero-order valence-corrected chi connectivity index (χ0v) is 11.5. The second kappa shape index (κ2) is 5.05. The van der Waals surface area contributed by atoms with E-state index in [2.05, 4.69) is 4.99 Å². The van der Waals surface area contributed by atoms with Gasteiger partial charge < -0.3 is 14.2 Å². The summed E-state index contributed by atoms with van der Waals surface area (Å²) >= 11 is 0. The summed E-state index contributed by atoms with van der Waals surface area (Å²) in [5, 5.41) is 0. The minimum absolute atomic E-state index is 0.0742. The zero-order chi connectivity index (χ0) is 15.0. The smallest absolute Gasteiger partial charge is 0.266 e. The number of ether oxygens (including phenoxy) is 3. The fourth-order valence-electron chi connectivity index (χ4n) is 2.40. The second-order valence-corrected chi connectivity index (χ2v) is 4.64. The Balaban J connectivity index is 2.08.